The van der Waals surface area contributed by atoms with Crippen LogP contribution in [-0.2, 0) is 4.79 Å². The first kappa shape index (κ1) is 15.9. The fraction of sp³-hybridized carbons (Fsp3) is 0. The normalized spacial score (nSPS) is 4.57. The van der Waals surface area contributed by atoms with Gasteiger partial charge in [0.05, 0.1) is 5.97 Å². The predicted octanol–water partition coefficient (Wildman–Crippen LogP) is -6.96. The first-order chi connectivity index (χ1) is 2.27. The zero-order valence-electron chi connectivity index (χ0n) is 5.60. The van der Waals surface area contributed by atoms with E-state index in [9.17, 15) is 0 Å². The third-order valence-corrected chi connectivity index (χ3v) is 0.167. The minimum Gasteiger partial charge on any atom is -1.00 e. The average molecular weight is 134 g/mol. The van der Waals surface area contributed by atoms with Crippen LogP contribution in [-0.4, -0.2) is 5.97 Å². The molecule has 0 rings (SSSR count). The molecule has 0 atom stereocenters. The molecule has 0 aliphatic rings. The van der Waals surface area contributed by atoms with Gasteiger partial charge >= 0.3 is 80.9 Å². The smallest absolute Gasteiger partial charge is 1.00 e. The first-order valence-corrected chi connectivity index (χ1v) is 1.11. The van der Waals surface area contributed by atoms with Gasteiger partial charge in [-0.25, -0.2) is 0 Å². The van der Waals surface area contributed by atoms with Crippen LogP contribution >= 0.6 is 0 Å². The number of aliphatic carboxylic acids is 1. The number of rotatable bonds is 1. The molecule has 0 saturated heterocycles. The van der Waals surface area contributed by atoms with Gasteiger partial charge in [-0.05, 0) is 6.08 Å². The molecule has 0 radical (unpaired) electrons. The van der Waals surface area contributed by atoms with Gasteiger partial charge in [0.25, 0.3) is 0 Å². The van der Waals surface area contributed by atoms with Gasteiger partial charge < -0.3 is 11.3 Å². The second kappa shape index (κ2) is 10.8. The standard InChI is InChI=1S/C3H4O2.K.Na.H/c1-2-3(4)5;;;/h2H,1H2,(H,4,5);;;/q;2*+1;-1/p-1. The summed E-state index contributed by atoms with van der Waals surface area (Å²) in [6, 6.07) is 0. The van der Waals surface area contributed by atoms with E-state index in [1.165, 1.54) is 0 Å². The molecule has 0 heterocycles. The Morgan fingerprint density at radius 1 is 1.86 bits per heavy atom. The van der Waals surface area contributed by atoms with Crippen molar-refractivity contribution in [2.24, 2.45) is 0 Å². The maximum absolute atomic E-state index is 9.14. The van der Waals surface area contributed by atoms with Crippen molar-refractivity contribution in [2.75, 3.05) is 0 Å². The quantitative estimate of drug-likeness (QED) is 0.264. The molecule has 4 heteroatoms. The first-order valence-electron chi connectivity index (χ1n) is 1.11. The molecule has 0 aromatic carbocycles. The van der Waals surface area contributed by atoms with E-state index in [0.29, 0.717) is 0 Å². The molecule has 0 aromatic heterocycles. The van der Waals surface area contributed by atoms with E-state index in [-0.39, 0.29) is 82.4 Å². The predicted molar refractivity (Wildman–Crippen MR) is 16.3 cm³/mol. The monoisotopic (exact) mass is 134 g/mol. The summed E-state index contributed by atoms with van der Waals surface area (Å²) in [6.45, 7) is 2.90. The molecule has 30 valence electrons. The zero-order valence-corrected chi connectivity index (χ0v) is 9.72. The van der Waals surface area contributed by atoms with Crippen LogP contribution in [0, 0.1) is 0 Å². The fourth-order valence-corrected chi connectivity index (χ4v) is 0. The van der Waals surface area contributed by atoms with Gasteiger partial charge in [-0.2, -0.15) is 0 Å². The van der Waals surface area contributed by atoms with Gasteiger partial charge in [0, 0.05) is 0 Å². The van der Waals surface area contributed by atoms with Gasteiger partial charge in [-0.1, -0.05) is 6.58 Å². The van der Waals surface area contributed by atoms with Gasteiger partial charge in [0.15, 0.2) is 0 Å². The molecule has 0 fully saturated rings. The Hall–Kier alpha value is 1.85. The van der Waals surface area contributed by atoms with E-state index in [2.05, 4.69) is 6.58 Å². The average Bonchev–Trinajstić information content (AvgIpc) is 1.38. The molecule has 0 N–H and O–H groups in total. The third-order valence-electron chi connectivity index (χ3n) is 0.167. The van der Waals surface area contributed by atoms with Crippen molar-refractivity contribution < 1.29 is 92.3 Å². The Morgan fingerprint density at radius 2 is 2.00 bits per heavy atom. The summed E-state index contributed by atoms with van der Waals surface area (Å²) in [5.41, 5.74) is 0. The van der Waals surface area contributed by atoms with Crippen LogP contribution in [0.5, 0.6) is 0 Å². The Morgan fingerprint density at radius 3 is 2.00 bits per heavy atom. The molecule has 0 amide bonds. The SMILES string of the molecule is C=CC(=O)[O-].[H-].[K+].[Na+]. The van der Waals surface area contributed by atoms with E-state index in [1.54, 1.807) is 0 Å². The second-order valence-electron chi connectivity index (χ2n) is 0.523. The van der Waals surface area contributed by atoms with Crippen molar-refractivity contribution in [1.29, 1.82) is 0 Å². The maximum Gasteiger partial charge on any atom is 1.00 e. The van der Waals surface area contributed by atoms with E-state index >= 15 is 0 Å². The Labute approximate surface area is 109 Å². The van der Waals surface area contributed by atoms with Gasteiger partial charge in [0.1, 0.15) is 0 Å². The summed E-state index contributed by atoms with van der Waals surface area (Å²) in [7, 11) is 0. The molecule has 7 heavy (non-hydrogen) atoms. The molecule has 0 aromatic rings. The van der Waals surface area contributed by atoms with Crippen molar-refractivity contribution >= 4 is 5.97 Å². The van der Waals surface area contributed by atoms with Gasteiger partial charge in [0.2, 0.25) is 0 Å². The summed E-state index contributed by atoms with van der Waals surface area (Å²) < 4.78 is 0. The van der Waals surface area contributed by atoms with Crippen molar-refractivity contribution in [3.05, 3.63) is 12.7 Å². The molecule has 0 aliphatic carbocycles. The van der Waals surface area contributed by atoms with E-state index < -0.39 is 5.97 Å². The summed E-state index contributed by atoms with van der Waals surface area (Å²) in [5, 5.41) is 9.14. The Bertz CT molecular complexity index is 68.3. The molecule has 0 saturated carbocycles. The number of carboxylic acid groups (broad SMARTS) is 1. The summed E-state index contributed by atoms with van der Waals surface area (Å²) in [4.78, 5) is 9.14. The van der Waals surface area contributed by atoms with Crippen molar-refractivity contribution in [1.82, 2.24) is 0 Å². The fourth-order valence-electron chi connectivity index (χ4n) is 0. The molecule has 0 unspecified atom stereocenters. The van der Waals surface area contributed by atoms with Crippen molar-refractivity contribution in [2.45, 2.75) is 0 Å². The summed E-state index contributed by atoms with van der Waals surface area (Å²) in [5.74, 6) is -1.23. The molecular weight excluding hydrogens is 130 g/mol. The topological polar surface area (TPSA) is 40.1 Å². The maximum atomic E-state index is 9.14. The van der Waals surface area contributed by atoms with Crippen LogP contribution in [0.1, 0.15) is 1.43 Å². The molecule has 0 bridgehead atoms. The Balaban J connectivity index is -0.0000000267. The van der Waals surface area contributed by atoms with E-state index in [0.717, 1.165) is 6.08 Å². The van der Waals surface area contributed by atoms with Crippen molar-refractivity contribution in [3.8, 4) is 0 Å². The molecule has 0 aliphatic heterocycles. The van der Waals surface area contributed by atoms with Crippen LogP contribution in [0.25, 0.3) is 0 Å². The Kier molecular flexibility index (Phi) is 24.5. The van der Waals surface area contributed by atoms with Crippen LogP contribution < -0.4 is 86.0 Å². The number of carbonyl (C=O) groups excluding carboxylic acids is 1. The largest absolute Gasteiger partial charge is 1.00 e. The number of hydrogen-bond donors (Lipinski definition) is 0. The summed E-state index contributed by atoms with van der Waals surface area (Å²) >= 11 is 0. The van der Waals surface area contributed by atoms with Crippen LogP contribution in [0.2, 0.25) is 0 Å². The van der Waals surface area contributed by atoms with Crippen LogP contribution in [0.3, 0.4) is 0 Å². The third kappa shape index (κ3) is 18.1. The minimum absolute atomic E-state index is 0. The zero-order chi connectivity index (χ0) is 4.28. The molecular formula is C3H4KNaO2. The van der Waals surface area contributed by atoms with E-state index in [4.69, 9.17) is 9.90 Å². The van der Waals surface area contributed by atoms with Crippen LogP contribution in [0.15, 0.2) is 12.7 Å². The molecule has 0 spiro atoms. The van der Waals surface area contributed by atoms with E-state index in [1.807, 2.05) is 0 Å². The number of carboxylic acids is 1. The van der Waals surface area contributed by atoms with Gasteiger partial charge in [-0.15, -0.1) is 0 Å². The second-order valence-corrected chi connectivity index (χ2v) is 0.523. The van der Waals surface area contributed by atoms with Gasteiger partial charge in [-0.3, -0.25) is 0 Å². The molecule has 2 nitrogen and oxygen atoms in total. The van der Waals surface area contributed by atoms with Crippen molar-refractivity contribution in [3.63, 3.8) is 0 Å². The minimum atomic E-state index is -1.23. The number of hydrogen-bond acceptors (Lipinski definition) is 2. The van der Waals surface area contributed by atoms with Crippen LogP contribution in [0.4, 0.5) is 0 Å². The number of carbonyl (C=O) groups is 1. The summed E-state index contributed by atoms with van der Waals surface area (Å²) in [6.07, 6.45) is 0.722.